The number of hydrogen-bond acceptors (Lipinski definition) is 5. The van der Waals surface area contributed by atoms with Gasteiger partial charge in [-0.2, -0.15) is 4.98 Å². The first-order valence-corrected chi connectivity index (χ1v) is 6.65. The maximum atomic E-state index is 4.42. The van der Waals surface area contributed by atoms with Gasteiger partial charge >= 0.3 is 0 Å². The van der Waals surface area contributed by atoms with Gasteiger partial charge in [0.2, 0.25) is 5.95 Å². The van der Waals surface area contributed by atoms with Gasteiger partial charge in [0.1, 0.15) is 0 Å². The van der Waals surface area contributed by atoms with Gasteiger partial charge in [0.15, 0.2) is 5.65 Å². The van der Waals surface area contributed by atoms with Crippen LogP contribution >= 0.6 is 11.3 Å². The minimum Gasteiger partial charge on any atom is -0.352 e. The predicted molar refractivity (Wildman–Crippen MR) is 72.0 cm³/mol. The fourth-order valence-electron chi connectivity index (χ4n) is 1.71. The second-order valence-corrected chi connectivity index (χ2v) is 4.94. The molecule has 0 amide bonds. The van der Waals surface area contributed by atoms with E-state index >= 15 is 0 Å². The maximum Gasteiger partial charge on any atom is 0.243 e. The lowest BCUT2D eigenvalue weighted by Crippen LogP contribution is -2.06. The molecule has 0 atom stereocenters. The van der Waals surface area contributed by atoms with Gasteiger partial charge in [-0.3, -0.25) is 0 Å². The minimum atomic E-state index is 0.662. The summed E-state index contributed by atoms with van der Waals surface area (Å²) >= 11 is 1.69. The summed E-state index contributed by atoms with van der Waals surface area (Å²) in [5, 5.41) is 10.8. The number of aryl methyl sites for hydroxylation is 1. The number of pyridine rings is 1. The molecular weight excluding hydrogens is 246 g/mol. The number of nitrogens with one attached hydrogen (secondary N) is 1. The quantitative estimate of drug-likeness (QED) is 0.780. The molecule has 0 aliphatic rings. The number of hydrogen-bond donors (Lipinski definition) is 1. The summed E-state index contributed by atoms with van der Waals surface area (Å²) < 4.78 is 1.76. The zero-order valence-electron chi connectivity index (χ0n) is 10.00. The van der Waals surface area contributed by atoms with Crippen LogP contribution in [0.3, 0.4) is 0 Å². The Morgan fingerprint density at radius 3 is 3.06 bits per heavy atom. The van der Waals surface area contributed by atoms with Crippen molar-refractivity contribution in [3.05, 3.63) is 40.5 Å². The largest absolute Gasteiger partial charge is 0.352 e. The summed E-state index contributed by atoms with van der Waals surface area (Å²) in [7, 11) is 0. The Labute approximate surface area is 109 Å². The SMILES string of the molecule is Cc1csc(CCNc2nc3ccccn3n2)n1. The molecule has 0 saturated carbocycles. The summed E-state index contributed by atoms with van der Waals surface area (Å²) in [6, 6.07) is 5.82. The Morgan fingerprint density at radius 2 is 2.28 bits per heavy atom. The molecule has 0 aromatic carbocycles. The summed E-state index contributed by atoms with van der Waals surface area (Å²) in [5.74, 6) is 0.662. The highest BCUT2D eigenvalue weighted by atomic mass is 32.1. The van der Waals surface area contributed by atoms with E-state index < -0.39 is 0 Å². The van der Waals surface area contributed by atoms with Crippen molar-refractivity contribution < 1.29 is 0 Å². The van der Waals surface area contributed by atoms with Crippen LogP contribution in [0.5, 0.6) is 0 Å². The Bertz CT molecular complexity index is 624. The van der Waals surface area contributed by atoms with Crippen LogP contribution in [0, 0.1) is 6.92 Å². The summed E-state index contributed by atoms with van der Waals surface area (Å²) in [6.45, 7) is 2.81. The lowest BCUT2D eigenvalue weighted by Gasteiger charge is -1.98. The minimum absolute atomic E-state index is 0.662. The van der Waals surface area contributed by atoms with Gasteiger partial charge in [0.05, 0.1) is 5.01 Å². The van der Waals surface area contributed by atoms with Crippen LogP contribution in [0.4, 0.5) is 5.95 Å². The lowest BCUT2D eigenvalue weighted by molar-refractivity contribution is 0.930. The second-order valence-electron chi connectivity index (χ2n) is 4.00. The molecule has 1 N–H and O–H groups in total. The summed E-state index contributed by atoms with van der Waals surface area (Å²) in [5.41, 5.74) is 1.94. The molecule has 0 fully saturated rings. The van der Waals surface area contributed by atoms with E-state index in [1.807, 2.05) is 31.3 Å². The maximum absolute atomic E-state index is 4.42. The molecule has 5 nitrogen and oxygen atoms in total. The highest BCUT2D eigenvalue weighted by Crippen LogP contribution is 2.10. The number of rotatable bonds is 4. The van der Waals surface area contributed by atoms with Crippen molar-refractivity contribution in [3.8, 4) is 0 Å². The van der Waals surface area contributed by atoms with Gasteiger partial charge in [-0.05, 0) is 19.1 Å². The monoisotopic (exact) mass is 259 g/mol. The standard InChI is InChI=1S/C12H13N5S/c1-9-8-18-11(14-9)5-6-13-12-15-10-4-2-3-7-17(10)16-12/h2-4,7-8H,5-6H2,1H3,(H,13,16). The molecule has 3 aromatic rings. The van der Waals surface area contributed by atoms with Gasteiger partial charge in [-0.1, -0.05) is 6.07 Å². The third-order valence-corrected chi connectivity index (χ3v) is 3.56. The average Bonchev–Trinajstić information content (AvgIpc) is 2.95. The zero-order valence-corrected chi connectivity index (χ0v) is 10.8. The number of fused-ring (bicyclic) bond motifs is 1. The van der Waals surface area contributed by atoms with E-state index in [1.54, 1.807) is 15.9 Å². The molecule has 6 heteroatoms. The predicted octanol–water partition coefficient (Wildman–Crippen LogP) is 2.15. The number of nitrogens with zero attached hydrogens (tertiary/aromatic N) is 4. The van der Waals surface area contributed by atoms with Crippen molar-refractivity contribution in [2.45, 2.75) is 13.3 Å². The summed E-state index contributed by atoms with van der Waals surface area (Å²) in [4.78, 5) is 8.79. The van der Waals surface area contributed by atoms with E-state index in [1.165, 1.54) is 0 Å². The highest BCUT2D eigenvalue weighted by molar-refractivity contribution is 7.09. The molecule has 0 spiro atoms. The molecule has 92 valence electrons. The number of thiazole rings is 1. The van der Waals surface area contributed by atoms with Crippen molar-refractivity contribution >= 4 is 22.9 Å². The van der Waals surface area contributed by atoms with Crippen molar-refractivity contribution in [2.75, 3.05) is 11.9 Å². The van der Waals surface area contributed by atoms with E-state index in [0.29, 0.717) is 5.95 Å². The van der Waals surface area contributed by atoms with Crippen molar-refractivity contribution in [1.29, 1.82) is 0 Å². The van der Waals surface area contributed by atoms with Crippen LogP contribution in [0.25, 0.3) is 5.65 Å². The van der Waals surface area contributed by atoms with Gasteiger partial charge in [-0.15, -0.1) is 16.4 Å². The van der Waals surface area contributed by atoms with E-state index in [0.717, 1.165) is 29.3 Å². The molecule has 3 heterocycles. The highest BCUT2D eigenvalue weighted by Gasteiger charge is 2.02. The Morgan fingerprint density at radius 1 is 1.33 bits per heavy atom. The van der Waals surface area contributed by atoms with Gasteiger partial charge in [-0.25, -0.2) is 9.50 Å². The zero-order chi connectivity index (χ0) is 12.4. The first kappa shape index (κ1) is 11.2. The first-order valence-electron chi connectivity index (χ1n) is 5.77. The molecule has 0 unspecified atom stereocenters. The fourth-order valence-corrected chi connectivity index (χ4v) is 2.48. The third-order valence-electron chi connectivity index (χ3n) is 2.53. The molecule has 3 aromatic heterocycles. The van der Waals surface area contributed by atoms with Crippen LogP contribution < -0.4 is 5.32 Å². The van der Waals surface area contributed by atoms with Crippen LogP contribution in [0.1, 0.15) is 10.7 Å². The summed E-state index contributed by atoms with van der Waals surface area (Å²) in [6.07, 6.45) is 2.78. The van der Waals surface area contributed by atoms with E-state index in [2.05, 4.69) is 25.8 Å². The van der Waals surface area contributed by atoms with Gasteiger partial charge in [0.25, 0.3) is 0 Å². The van der Waals surface area contributed by atoms with E-state index in [9.17, 15) is 0 Å². The average molecular weight is 259 g/mol. The Balaban J connectivity index is 1.62. The van der Waals surface area contributed by atoms with Crippen molar-refractivity contribution in [3.63, 3.8) is 0 Å². The number of anilines is 1. The van der Waals surface area contributed by atoms with E-state index in [-0.39, 0.29) is 0 Å². The van der Waals surface area contributed by atoms with Crippen LogP contribution in [0.2, 0.25) is 0 Å². The number of aromatic nitrogens is 4. The third kappa shape index (κ3) is 2.33. The molecule has 3 rings (SSSR count). The van der Waals surface area contributed by atoms with Crippen LogP contribution in [-0.4, -0.2) is 26.1 Å². The molecule has 0 aliphatic carbocycles. The molecule has 0 radical (unpaired) electrons. The van der Waals surface area contributed by atoms with Crippen LogP contribution in [0.15, 0.2) is 29.8 Å². The smallest absolute Gasteiger partial charge is 0.243 e. The molecule has 0 bridgehead atoms. The van der Waals surface area contributed by atoms with Gasteiger partial charge < -0.3 is 5.32 Å². The van der Waals surface area contributed by atoms with Gasteiger partial charge in [0, 0.05) is 30.2 Å². The topological polar surface area (TPSA) is 55.1 Å². The lowest BCUT2D eigenvalue weighted by atomic mass is 10.4. The Kier molecular flexibility index (Phi) is 2.93. The van der Waals surface area contributed by atoms with Crippen LogP contribution in [-0.2, 0) is 6.42 Å². The molecule has 0 aliphatic heterocycles. The first-order chi connectivity index (χ1) is 8.81. The fraction of sp³-hybridized carbons (Fsp3) is 0.250. The Hall–Kier alpha value is -1.95. The normalized spacial score (nSPS) is 10.9. The van der Waals surface area contributed by atoms with E-state index in [4.69, 9.17) is 0 Å². The molecular formula is C12H13N5S. The van der Waals surface area contributed by atoms with Crippen molar-refractivity contribution in [1.82, 2.24) is 19.6 Å². The van der Waals surface area contributed by atoms with Crippen molar-refractivity contribution in [2.24, 2.45) is 0 Å². The second kappa shape index (κ2) is 4.73. The molecule has 18 heavy (non-hydrogen) atoms. The molecule has 0 saturated heterocycles.